The first kappa shape index (κ1) is 12.7. The van der Waals surface area contributed by atoms with Crippen LogP contribution in [0.1, 0.15) is 20.7 Å². The van der Waals surface area contributed by atoms with E-state index in [4.69, 9.17) is 5.73 Å². The van der Waals surface area contributed by atoms with Gasteiger partial charge in [0, 0.05) is 6.54 Å². The van der Waals surface area contributed by atoms with Gasteiger partial charge in [0.15, 0.2) is 0 Å². The average molecular weight is 230 g/mol. The first-order valence-corrected chi connectivity index (χ1v) is 5.11. The van der Waals surface area contributed by atoms with E-state index >= 15 is 0 Å². The van der Waals surface area contributed by atoms with Gasteiger partial charge in [0.25, 0.3) is 5.91 Å². The summed E-state index contributed by atoms with van der Waals surface area (Å²) in [6, 6.07) is 6.43. The van der Waals surface area contributed by atoms with E-state index in [2.05, 4.69) is 11.9 Å². The predicted molar refractivity (Wildman–Crippen MR) is 66.6 cm³/mol. The van der Waals surface area contributed by atoms with Gasteiger partial charge in [-0.15, -0.1) is 0 Å². The number of nitrogens with one attached hydrogen (secondary N) is 1. The van der Waals surface area contributed by atoms with Gasteiger partial charge in [0.1, 0.15) is 0 Å². The fourth-order valence-corrected chi connectivity index (χ4v) is 1.31. The van der Waals surface area contributed by atoms with Crippen LogP contribution >= 0.6 is 0 Å². The minimum Gasteiger partial charge on any atom is -0.366 e. The summed E-state index contributed by atoms with van der Waals surface area (Å²) in [6.07, 6.45) is 5.08. The van der Waals surface area contributed by atoms with Crippen LogP contribution in [-0.4, -0.2) is 18.4 Å². The monoisotopic (exact) mass is 230 g/mol. The van der Waals surface area contributed by atoms with Crippen LogP contribution < -0.4 is 11.1 Å². The van der Waals surface area contributed by atoms with Crippen molar-refractivity contribution in [2.45, 2.75) is 0 Å². The predicted octanol–water partition coefficient (Wildman–Crippen LogP) is 1.26. The highest BCUT2D eigenvalue weighted by Crippen LogP contribution is 2.07. The second-order valence-electron chi connectivity index (χ2n) is 3.28. The number of rotatable bonds is 5. The summed E-state index contributed by atoms with van der Waals surface area (Å²) in [5.41, 5.74) is 5.69. The highest BCUT2D eigenvalue weighted by atomic mass is 16.2. The zero-order valence-electron chi connectivity index (χ0n) is 9.35. The third kappa shape index (κ3) is 3.61. The largest absolute Gasteiger partial charge is 0.366 e. The molecular weight excluding hydrogens is 216 g/mol. The van der Waals surface area contributed by atoms with Gasteiger partial charge in [-0.25, -0.2) is 0 Å². The van der Waals surface area contributed by atoms with Crippen molar-refractivity contribution in [1.29, 1.82) is 0 Å². The molecule has 1 rings (SSSR count). The minimum absolute atomic E-state index is 0.220. The highest BCUT2D eigenvalue weighted by Gasteiger charge is 2.13. The number of hydrogen-bond donors (Lipinski definition) is 2. The van der Waals surface area contributed by atoms with E-state index in [9.17, 15) is 9.59 Å². The van der Waals surface area contributed by atoms with Crippen LogP contribution in [0.4, 0.5) is 0 Å². The van der Waals surface area contributed by atoms with E-state index in [1.807, 2.05) is 0 Å². The van der Waals surface area contributed by atoms with Gasteiger partial charge in [0.05, 0.1) is 11.1 Å². The molecule has 0 saturated carbocycles. The van der Waals surface area contributed by atoms with Crippen LogP contribution in [0.3, 0.4) is 0 Å². The van der Waals surface area contributed by atoms with Crippen molar-refractivity contribution in [3.63, 3.8) is 0 Å². The Kier molecular flexibility index (Phi) is 4.69. The summed E-state index contributed by atoms with van der Waals surface area (Å²) in [5, 5.41) is 2.65. The summed E-state index contributed by atoms with van der Waals surface area (Å²) < 4.78 is 0. The van der Waals surface area contributed by atoms with Gasteiger partial charge in [-0.1, -0.05) is 36.9 Å². The molecule has 88 valence electrons. The molecule has 0 atom stereocenters. The van der Waals surface area contributed by atoms with E-state index in [0.717, 1.165) is 0 Å². The van der Waals surface area contributed by atoms with Crippen molar-refractivity contribution in [2.24, 2.45) is 5.73 Å². The molecular formula is C13H14N2O2. The van der Waals surface area contributed by atoms with E-state index < -0.39 is 5.91 Å². The number of amides is 2. The maximum atomic E-state index is 11.8. The minimum atomic E-state index is -0.614. The maximum Gasteiger partial charge on any atom is 0.252 e. The Morgan fingerprint density at radius 3 is 2.53 bits per heavy atom. The van der Waals surface area contributed by atoms with Crippen molar-refractivity contribution in [3.8, 4) is 0 Å². The van der Waals surface area contributed by atoms with E-state index in [1.165, 1.54) is 6.07 Å². The number of benzene rings is 1. The topological polar surface area (TPSA) is 72.2 Å². The zero-order chi connectivity index (χ0) is 12.7. The fraction of sp³-hybridized carbons (Fsp3) is 0.0769. The fourth-order valence-electron chi connectivity index (χ4n) is 1.31. The first-order chi connectivity index (χ1) is 8.16. The van der Waals surface area contributed by atoms with Crippen molar-refractivity contribution >= 4 is 11.8 Å². The average Bonchev–Trinajstić information content (AvgIpc) is 2.34. The van der Waals surface area contributed by atoms with E-state index in [0.29, 0.717) is 6.54 Å². The molecule has 0 aliphatic heterocycles. The van der Waals surface area contributed by atoms with Crippen LogP contribution in [0.25, 0.3) is 0 Å². The number of allylic oxidation sites excluding steroid dienone is 2. The summed E-state index contributed by atoms with van der Waals surface area (Å²) >= 11 is 0. The molecule has 3 N–H and O–H groups in total. The lowest BCUT2D eigenvalue weighted by molar-refractivity contribution is 0.0939. The van der Waals surface area contributed by atoms with Gasteiger partial charge in [-0.05, 0) is 12.1 Å². The molecule has 1 aromatic rings. The zero-order valence-corrected chi connectivity index (χ0v) is 9.35. The SMILES string of the molecule is C=CC=CCNC(=O)c1ccccc1C(N)=O. The molecule has 0 saturated heterocycles. The van der Waals surface area contributed by atoms with Gasteiger partial charge < -0.3 is 11.1 Å². The molecule has 0 bridgehead atoms. The van der Waals surface area contributed by atoms with Crippen LogP contribution in [0.2, 0.25) is 0 Å². The third-order valence-corrected chi connectivity index (χ3v) is 2.09. The standard InChI is InChI=1S/C13H14N2O2/c1-2-3-6-9-15-13(17)11-8-5-4-7-10(11)12(14)16/h2-8H,1,9H2,(H2,14,16)(H,15,17). The Morgan fingerprint density at radius 1 is 1.29 bits per heavy atom. The molecule has 0 aromatic heterocycles. The summed E-state index contributed by atoms with van der Waals surface area (Å²) in [5.74, 6) is -0.939. The van der Waals surface area contributed by atoms with Gasteiger partial charge in [-0.2, -0.15) is 0 Å². The lowest BCUT2D eigenvalue weighted by Crippen LogP contribution is -2.26. The second kappa shape index (κ2) is 6.27. The molecule has 0 radical (unpaired) electrons. The van der Waals surface area contributed by atoms with Crippen LogP contribution in [0.15, 0.2) is 49.1 Å². The number of hydrogen-bond acceptors (Lipinski definition) is 2. The molecule has 2 amide bonds. The smallest absolute Gasteiger partial charge is 0.252 e. The normalized spacial score (nSPS) is 10.1. The van der Waals surface area contributed by atoms with Crippen molar-refractivity contribution < 1.29 is 9.59 Å². The van der Waals surface area contributed by atoms with Crippen molar-refractivity contribution in [2.75, 3.05) is 6.54 Å². The highest BCUT2D eigenvalue weighted by molar-refractivity contribution is 6.06. The maximum absolute atomic E-state index is 11.8. The summed E-state index contributed by atoms with van der Waals surface area (Å²) in [7, 11) is 0. The first-order valence-electron chi connectivity index (χ1n) is 5.11. The molecule has 0 heterocycles. The molecule has 0 fully saturated rings. The summed E-state index contributed by atoms with van der Waals surface area (Å²) in [4.78, 5) is 22.9. The Morgan fingerprint density at radius 2 is 1.94 bits per heavy atom. The number of carbonyl (C=O) groups is 2. The van der Waals surface area contributed by atoms with Gasteiger partial charge >= 0.3 is 0 Å². The van der Waals surface area contributed by atoms with Crippen molar-refractivity contribution in [3.05, 3.63) is 60.2 Å². The third-order valence-electron chi connectivity index (χ3n) is 2.09. The Balaban J connectivity index is 2.78. The molecule has 0 aliphatic carbocycles. The van der Waals surface area contributed by atoms with Crippen LogP contribution in [-0.2, 0) is 0 Å². The molecule has 17 heavy (non-hydrogen) atoms. The number of nitrogens with two attached hydrogens (primary N) is 1. The second-order valence-corrected chi connectivity index (χ2v) is 3.28. The Labute approximate surface area is 99.8 Å². The summed E-state index contributed by atoms with van der Waals surface area (Å²) in [6.45, 7) is 3.89. The van der Waals surface area contributed by atoms with Crippen molar-refractivity contribution in [1.82, 2.24) is 5.32 Å². The molecule has 0 aliphatic rings. The Hall–Kier alpha value is -2.36. The quantitative estimate of drug-likeness (QED) is 0.747. The van der Waals surface area contributed by atoms with Crippen LogP contribution in [0, 0.1) is 0 Å². The van der Waals surface area contributed by atoms with Crippen LogP contribution in [0.5, 0.6) is 0 Å². The lowest BCUT2D eigenvalue weighted by atomic mass is 10.1. The number of carbonyl (C=O) groups excluding carboxylic acids is 2. The molecule has 0 unspecified atom stereocenters. The van der Waals surface area contributed by atoms with E-state index in [-0.39, 0.29) is 17.0 Å². The Bertz CT molecular complexity index is 464. The lowest BCUT2D eigenvalue weighted by Gasteiger charge is -2.05. The molecule has 1 aromatic carbocycles. The molecule has 0 spiro atoms. The van der Waals surface area contributed by atoms with Gasteiger partial charge in [-0.3, -0.25) is 9.59 Å². The number of primary amides is 1. The van der Waals surface area contributed by atoms with Gasteiger partial charge in [0.2, 0.25) is 5.91 Å². The molecule has 4 nitrogen and oxygen atoms in total. The molecule has 4 heteroatoms. The van der Waals surface area contributed by atoms with E-state index in [1.54, 1.807) is 36.4 Å².